The first-order valence-corrected chi connectivity index (χ1v) is 8.07. The smallest absolute Gasteiger partial charge is 0.126 e. The highest BCUT2D eigenvalue weighted by atomic mass is 35.5. The SMILES string of the molecule is C=CCC1(C=C)CCSc2ccc(C(C)(Cl)Cl)cc21. The summed E-state index contributed by atoms with van der Waals surface area (Å²) >= 11 is 14.3. The Hall–Kier alpha value is -0.370. The van der Waals surface area contributed by atoms with Crippen LogP contribution in [0.25, 0.3) is 0 Å². The highest BCUT2D eigenvalue weighted by molar-refractivity contribution is 7.99. The first-order chi connectivity index (χ1) is 8.93. The van der Waals surface area contributed by atoms with Crippen molar-refractivity contribution in [2.75, 3.05) is 5.75 Å². The van der Waals surface area contributed by atoms with E-state index in [0.29, 0.717) is 0 Å². The van der Waals surface area contributed by atoms with Gasteiger partial charge in [-0.3, -0.25) is 0 Å². The molecule has 0 radical (unpaired) electrons. The van der Waals surface area contributed by atoms with E-state index in [2.05, 4.69) is 31.4 Å². The minimum absolute atomic E-state index is 0.0304. The molecule has 0 N–H and O–H groups in total. The number of alkyl halides is 2. The molecule has 0 amide bonds. The normalized spacial score (nSPS) is 22.7. The molecule has 0 nitrogen and oxygen atoms in total. The molecule has 1 aliphatic heterocycles. The number of hydrogen-bond acceptors (Lipinski definition) is 1. The van der Waals surface area contributed by atoms with Crippen LogP contribution in [-0.2, 0) is 9.75 Å². The van der Waals surface area contributed by atoms with E-state index in [0.717, 1.165) is 24.2 Å². The Morgan fingerprint density at radius 2 is 2.16 bits per heavy atom. The van der Waals surface area contributed by atoms with Crippen molar-refractivity contribution in [3.8, 4) is 0 Å². The summed E-state index contributed by atoms with van der Waals surface area (Å²) in [6.07, 6.45) is 5.99. The fraction of sp³-hybridized carbons (Fsp3) is 0.375. The molecule has 0 fully saturated rings. The number of thioether (sulfide) groups is 1. The summed E-state index contributed by atoms with van der Waals surface area (Å²) in [5.74, 6) is 1.10. The zero-order valence-corrected chi connectivity index (χ0v) is 13.4. The molecule has 1 heterocycles. The number of halogens is 2. The number of fused-ring (bicyclic) bond motifs is 1. The molecule has 2 rings (SSSR count). The maximum atomic E-state index is 6.23. The van der Waals surface area contributed by atoms with E-state index in [4.69, 9.17) is 23.2 Å². The molecule has 0 saturated carbocycles. The van der Waals surface area contributed by atoms with E-state index in [1.165, 1.54) is 10.5 Å². The van der Waals surface area contributed by atoms with Crippen molar-refractivity contribution in [3.63, 3.8) is 0 Å². The van der Waals surface area contributed by atoms with Crippen molar-refractivity contribution in [1.82, 2.24) is 0 Å². The third kappa shape index (κ3) is 2.89. The van der Waals surface area contributed by atoms with Crippen molar-refractivity contribution in [1.29, 1.82) is 0 Å². The van der Waals surface area contributed by atoms with Crippen molar-refractivity contribution in [2.45, 2.75) is 34.4 Å². The third-order valence-electron chi connectivity index (χ3n) is 3.73. The lowest BCUT2D eigenvalue weighted by Gasteiger charge is -2.36. The maximum absolute atomic E-state index is 6.23. The van der Waals surface area contributed by atoms with Crippen LogP contribution in [-0.4, -0.2) is 5.75 Å². The second-order valence-electron chi connectivity index (χ2n) is 5.05. The van der Waals surface area contributed by atoms with E-state index < -0.39 is 4.33 Å². The molecule has 0 bridgehead atoms. The van der Waals surface area contributed by atoms with Gasteiger partial charge >= 0.3 is 0 Å². The molecule has 1 aromatic rings. The Labute approximate surface area is 129 Å². The summed E-state index contributed by atoms with van der Waals surface area (Å²) in [6, 6.07) is 6.27. The van der Waals surface area contributed by atoms with Crippen molar-refractivity contribution >= 4 is 35.0 Å². The molecule has 19 heavy (non-hydrogen) atoms. The summed E-state index contributed by atoms with van der Waals surface area (Å²) in [6.45, 7) is 9.73. The molecule has 0 saturated heterocycles. The fourth-order valence-corrected chi connectivity index (χ4v) is 4.06. The number of allylic oxidation sites excluding steroid dienone is 2. The zero-order chi connectivity index (χ0) is 14.1. The van der Waals surface area contributed by atoms with E-state index in [1.54, 1.807) is 6.92 Å². The zero-order valence-electron chi connectivity index (χ0n) is 11.1. The second-order valence-corrected chi connectivity index (χ2v) is 7.89. The molecule has 0 aromatic heterocycles. The van der Waals surface area contributed by atoms with E-state index in [1.807, 2.05) is 23.9 Å². The van der Waals surface area contributed by atoms with Crippen molar-refractivity contribution in [2.24, 2.45) is 0 Å². The molecule has 102 valence electrons. The molecule has 1 atom stereocenters. The predicted octanol–water partition coefficient (Wildman–Crippen LogP) is 5.83. The predicted molar refractivity (Wildman–Crippen MR) is 87.5 cm³/mol. The average molecular weight is 313 g/mol. The van der Waals surface area contributed by atoms with Gasteiger partial charge in [0.05, 0.1) is 0 Å². The number of benzene rings is 1. The molecule has 1 unspecified atom stereocenters. The van der Waals surface area contributed by atoms with E-state index >= 15 is 0 Å². The Morgan fingerprint density at radius 3 is 2.74 bits per heavy atom. The maximum Gasteiger partial charge on any atom is 0.140 e. The molecule has 3 heteroatoms. The van der Waals surface area contributed by atoms with Crippen LogP contribution >= 0.6 is 35.0 Å². The molecule has 0 aliphatic carbocycles. The Bertz CT molecular complexity index is 502. The topological polar surface area (TPSA) is 0 Å². The number of hydrogen-bond donors (Lipinski definition) is 0. The van der Waals surface area contributed by atoms with Crippen LogP contribution in [0.4, 0.5) is 0 Å². The monoisotopic (exact) mass is 312 g/mol. The van der Waals surface area contributed by atoms with Crippen LogP contribution in [0.5, 0.6) is 0 Å². The van der Waals surface area contributed by atoms with Gasteiger partial charge in [0.1, 0.15) is 4.33 Å². The van der Waals surface area contributed by atoms with E-state index in [9.17, 15) is 0 Å². The highest BCUT2D eigenvalue weighted by Crippen LogP contribution is 2.47. The highest BCUT2D eigenvalue weighted by Gasteiger charge is 2.34. The van der Waals surface area contributed by atoms with Gasteiger partial charge in [-0.2, -0.15) is 0 Å². The van der Waals surface area contributed by atoms with Crippen molar-refractivity contribution < 1.29 is 0 Å². The second kappa shape index (κ2) is 5.55. The summed E-state index contributed by atoms with van der Waals surface area (Å²) in [4.78, 5) is 1.30. The van der Waals surface area contributed by atoms with Gasteiger partial charge in [-0.25, -0.2) is 0 Å². The molecule has 0 spiro atoms. The van der Waals surface area contributed by atoms with Crippen LogP contribution < -0.4 is 0 Å². The average Bonchev–Trinajstić information content (AvgIpc) is 2.37. The Morgan fingerprint density at radius 1 is 1.42 bits per heavy atom. The van der Waals surface area contributed by atoms with Gasteiger partial charge in [-0.05, 0) is 42.7 Å². The summed E-state index contributed by atoms with van der Waals surface area (Å²) in [5, 5.41) is 0. The Balaban J connectivity index is 2.58. The quantitative estimate of drug-likeness (QED) is 0.497. The Kier molecular flexibility index (Phi) is 4.39. The van der Waals surface area contributed by atoms with Crippen LogP contribution in [0.1, 0.15) is 30.9 Å². The third-order valence-corrected chi connectivity index (χ3v) is 5.24. The summed E-state index contributed by atoms with van der Waals surface area (Å²) in [5.41, 5.74) is 2.19. The van der Waals surface area contributed by atoms with Crippen LogP contribution in [0.3, 0.4) is 0 Å². The van der Waals surface area contributed by atoms with Gasteiger partial charge in [-0.15, -0.1) is 24.9 Å². The summed E-state index contributed by atoms with van der Waals surface area (Å²) in [7, 11) is 0. The molecule has 1 aromatic carbocycles. The minimum atomic E-state index is -0.863. The largest absolute Gasteiger partial charge is 0.140 e. The molecular formula is C16H18Cl2S. The van der Waals surface area contributed by atoms with Gasteiger partial charge in [0.25, 0.3) is 0 Å². The lowest BCUT2D eigenvalue weighted by atomic mass is 9.74. The molecule has 1 aliphatic rings. The van der Waals surface area contributed by atoms with Gasteiger partial charge < -0.3 is 0 Å². The van der Waals surface area contributed by atoms with Crippen molar-refractivity contribution in [3.05, 3.63) is 54.6 Å². The van der Waals surface area contributed by atoms with E-state index in [-0.39, 0.29) is 5.41 Å². The standard InChI is InChI=1S/C16H18Cl2S/c1-4-8-16(5-2)9-10-19-14-7-6-12(11-13(14)16)15(3,17)18/h4-7,11H,1-2,8-10H2,3H3. The molecular weight excluding hydrogens is 295 g/mol. The lowest BCUT2D eigenvalue weighted by molar-refractivity contribution is 0.511. The van der Waals surface area contributed by atoms with Crippen LogP contribution in [0, 0.1) is 0 Å². The number of rotatable bonds is 4. The van der Waals surface area contributed by atoms with Gasteiger partial charge in [0.2, 0.25) is 0 Å². The fourth-order valence-electron chi connectivity index (χ4n) is 2.56. The summed E-state index contributed by atoms with van der Waals surface area (Å²) < 4.78 is -0.863. The first-order valence-electron chi connectivity index (χ1n) is 6.33. The first kappa shape index (κ1) is 15.0. The van der Waals surface area contributed by atoms with Crippen LogP contribution in [0.2, 0.25) is 0 Å². The minimum Gasteiger partial charge on any atom is -0.126 e. The van der Waals surface area contributed by atoms with Crippen LogP contribution in [0.15, 0.2) is 48.4 Å². The van der Waals surface area contributed by atoms with Gasteiger partial charge in [0, 0.05) is 10.3 Å². The lowest BCUT2D eigenvalue weighted by Crippen LogP contribution is -2.28. The van der Waals surface area contributed by atoms with Gasteiger partial charge in [-0.1, -0.05) is 47.5 Å². The van der Waals surface area contributed by atoms with Gasteiger partial charge in [0.15, 0.2) is 0 Å².